The first-order chi connectivity index (χ1) is 5.48. The average Bonchev–Trinajstić information content (AvgIpc) is 2.24. The Kier molecular flexibility index (Phi) is 1.74. The van der Waals surface area contributed by atoms with Crippen molar-refractivity contribution in [1.29, 1.82) is 0 Å². The number of likely N-dealkylation sites (N-methyl/N-ethyl adjacent to an activating group) is 1. The van der Waals surface area contributed by atoms with Crippen LogP contribution in [0.15, 0.2) is 0 Å². The number of fused-ring (bicyclic) bond motifs is 1. The van der Waals surface area contributed by atoms with Gasteiger partial charge in [-0.1, -0.05) is 0 Å². The summed E-state index contributed by atoms with van der Waals surface area (Å²) in [4.78, 5) is 5.10. The van der Waals surface area contributed by atoms with Crippen LogP contribution in [0.3, 0.4) is 0 Å². The largest absolute Gasteiger partial charge is 0.301 e. The number of nitrogens with zero attached hydrogens (tertiary/aromatic N) is 2. The molecule has 0 N–H and O–H groups in total. The van der Waals surface area contributed by atoms with E-state index in [2.05, 4.69) is 37.6 Å². The van der Waals surface area contributed by atoms with Crippen LogP contribution in [-0.2, 0) is 0 Å². The molecule has 70 valence electrons. The lowest BCUT2D eigenvalue weighted by Crippen LogP contribution is -2.53. The highest BCUT2D eigenvalue weighted by Gasteiger charge is 2.45. The zero-order valence-corrected chi connectivity index (χ0v) is 8.67. The Balaban J connectivity index is 1.99. The average molecular weight is 168 g/mol. The quantitative estimate of drug-likeness (QED) is 0.533. The molecule has 2 rings (SSSR count). The molecule has 0 saturated carbocycles. The number of likely N-dealkylation sites (tertiary alicyclic amines) is 2. The van der Waals surface area contributed by atoms with Crippen molar-refractivity contribution in [2.24, 2.45) is 5.92 Å². The Morgan fingerprint density at radius 2 is 1.75 bits per heavy atom. The third kappa shape index (κ3) is 1.17. The number of rotatable bonds is 0. The molecule has 2 fully saturated rings. The first-order valence-electron chi connectivity index (χ1n) is 4.94. The van der Waals surface area contributed by atoms with Crippen LogP contribution in [0.25, 0.3) is 0 Å². The van der Waals surface area contributed by atoms with Crippen molar-refractivity contribution in [3.63, 3.8) is 0 Å². The highest BCUT2D eigenvalue weighted by Crippen LogP contribution is 2.34. The predicted molar refractivity (Wildman–Crippen MR) is 51.2 cm³/mol. The van der Waals surface area contributed by atoms with E-state index in [-0.39, 0.29) is 0 Å². The van der Waals surface area contributed by atoms with Gasteiger partial charge in [0.05, 0.1) is 0 Å². The van der Waals surface area contributed by atoms with Crippen LogP contribution in [0, 0.1) is 5.92 Å². The molecule has 0 aromatic rings. The van der Waals surface area contributed by atoms with Gasteiger partial charge in [0, 0.05) is 37.1 Å². The van der Waals surface area contributed by atoms with Gasteiger partial charge < -0.3 is 4.90 Å². The molecular formula is C10H20N2. The summed E-state index contributed by atoms with van der Waals surface area (Å²) in [6.07, 6.45) is 0. The summed E-state index contributed by atoms with van der Waals surface area (Å²) in [5.74, 6) is 0.967. The van der Waals surface area contributed by atoms with Crippen molar-refractivity contribution in [2.75, 3.05) is 26.7 Å². The molecule has 2 aliphatic rings. The third-order valence-electron chi connectivity index (χ3n) is 3.44. The van der Waals surface area contributed by atoms with Gasteiger partial charge in [-0.3, -0.25) is 4.90 Å². The maximum atomic E-state index is 2.62. The van der Waals surface area contributed by atoms with Gasteiger partial charge in [-0.05, 0) is 27.8 Å². The smallest absolute Gasteiger partial charge is 0.0273 e. The molecule has 0 bridgehead atoms. The van der Waals surface area contributed by atoms with Crippen molar-refractivity contribution in [2.45, 2.75) is 32.4 Å². The zero-order chi connectivity index (χ0) is 8.93. The second-order valence-corrected chi connectivity index (χ2v) is 5.34. The summed E-state index contributed by atoms with van der Waals surface area (Å²) < 4.78 is 0. The monoisotopic (exact) mass is 168 g/mol. The van der Waals surface area contributed by atoms with E-state index in [1.165, 1.54) is 19.6 Å². The van der Waals surface area contributed by atoms with Crippen LogP contribution in [0.1, 0.15) is 20.8 Å². The van der Waals surface area contributed by atoms with E-state index in [0.717, 1.165) is 12.0 Å². The molecule has 2 unspecified atom stereocenters. The van der Waals surface area contributed by atoms with Gasteiger partial charge in [0.1, 0.15) is 0 Å². The maximum absolute atomic E-state index is 2.62. The van der Waals surface area contributed by atoms with Gasteiger partial charge in [0.15, 0.2) is 0 Å². The zero-order valence-electron chi connectivity index (χ0n) is 8.67. The Morgan fingerprint density at radius 1 is 1.08 bits per heavy atom. The molecule has 0 aromatic heterocycles. The van der Waals surface area contributed by atoms with E-state index in [4.69, 9.17) is 0 Å². The van der Waals surface area contributed by atoms with Crippen molar-refractivity contribution >= 4 is 0 Å². The van der Waals surface area contributed by atoms with Crippen LogP contribution in [0.2, 0.25) is 0 Å². The first kappa shape index (κ1) is 8.52. The van der Waals surface area contributed by atoms with Crippen molar-refractivity contribution in [3.05, 3.63) is 0 Å². The van der Waals surface area contributed by atoms with Crippen molar-refractivity contribution in [3.8, 4) is 0 Å². The third-order valence-corrected chi connectivity index (χ3v) is 3.44. The SMILES string of the molecule is CN1CC2CN(C(C)(C)C)CC21. The maximum Gasteiger partial charge on any atom is 0.0273 e. The molecule has 12 heavy (non-hydrogen) atoms. The lowest BCUT2D eigenvalue weighted by Gasteiger charge is -2.40. The van der Waals surface area contributed by atoms with Crippen LogP contribution < -0.4 is 0 Å². The molecule has 0 amide bonds. The Bertz CT molecular complexity index is 183. The second-order valence-electron chi connectivity index (χ2n) is 5.34. The second kappa shape index (κ2) is 2.46. The van der Waals surface area contributed by atoms with Gasteiger partial charge in [-0.2, -0.15) is 0 Å². The van der Waals surface area contributed by atoms with E-state index in [9.17, 15) is 0 Å². The van der Waals surface area contributed by atoms with Gasteiger partial charge >= 0.3 is 0 Å². The lowest BCUT2D eigenvalue weighted by molar-refractivity contribution is 0.0822. The predicted octanol–water partition coefficient (Wildman–Crippen LogP) is 1.03. The molecule has 2 heteroatoms. The van der Waals surface area contributed by atoms with Crippen LogP contribution in [0.4, 0.5) is 0 Å². The number of hydrogen-bond donors (Lipinski definition) is 0. The van der Waals surface area contributed by atoms with Gasteiger partial charge in [0.25, 0.3) is 0 Å². The van der Waals surface area contributed by atoms with Gasteiger partial charge in [-0.15, -0.1) is 0 Å². The Hall–Kier alpha value is -0.0800. The van der Waals surface area contributed by atoms with Crippen LogP contribution in [-0.4, -0.2) is 48.1 Å². The van der Waals surface area contributed by atoms with Crippen molar-refractivity contribution in [1.82, 2.24) is 9.80 Å². The Morgan fingerprint density at radius 3 is 2.17 bits per heavy atom. The topological polar surface area (TPSA) is 6.48 Å². The minimum Gasteiger partial charge on any atom is -0.301 e. The van der Waals surface area contributed by atoms with Gasteiger partial charge in [0.2, 0.25) is 0 Å². The molecule has 0 spiro atoms. The van der Waals surface area contributed by atoms with E-state index >= 15 is 0 Å². The van der Waals surface area contributed by atoms with Crippen LogP contribution >= 0.6 is 0 Å². The van der Waals surface area contributed by atoms with Crippen molar-refractivity contribution < 1.29 is 0 Å². The fourth-order valence-electron chi connectivity index (χ4n) is 2.45. The highest BCUT2D eigenvalue weighted by atomic mass is 15.3. The molecule has 0 aromatic carbocycles. The highest BCUT2D eigenvalue weighted by molar-refractivity contribution is 5.01. The molecule has 0 aliphatic carbocycles. The summed E-state index contributed by atoms with van der Waals surface area (Å²) in [6, 6.07) is 0.865. The molecule has 2 saturated heterocycles. The first-order valence-corrected chi connectivity index (χ1v) is 4.94. The van der Waals surface area contributed by atoms with E-state index in [1.54, 1.807) is 0 Å². The standard InChI is InChI=1S/C10H20N2/c1-10(2,3)12-6-8-5-11(4)9(8)7-12/h8-9H,5-7H2,1-4H3. The normalized spacial score (nSPS) is 38.0. The minimum atomic E-state index is 0.373. The summed E-state index contributed by atoms with van der Waals surface area (Å²) in [7, 11) is 2.24. The molecule has 2 nitrogen and oxygen atoms in total. The van der Waals surface area contributed by atoms with E-state index in [0.29, 0.717) is 5.54 Å². The molecule has 0 radical (unpaired) electrons. The molecule has 2 aliphatic heterocycles. The van der Waals surface area contributed by atoms with E-state index < -0.39 is 0 Å². The molecular weight excluding hydrogens is 148 g/mol. The minimum absolute atomic E-state index is 0.373. The van der Waals surface area contributed by atoms with Crippen LogP contribution in [0.5, 0.6) is 0 Å². The molecule has 2 heterocycles. The molecule has 2 atom stereocenters. The Labute approximate surface area is 75.5 Å². The van der Waals surface area contributed by atoms with Gasteiger partial charge in [-0.25, -0.2) is 0 Å². The van der Waals surface area contributed by atoms with E-state index in [1.807, 2.05) is 0 Å². The fourth-order valence-corrected chi connectivity index (χ4v) is 2.45. The summed E-state index contributed by atoms with van der Waals surface area (Å²) in [5.41, 5.74) is 0.373. The summed E-state index contributed by atoms with van der Waals surface area (Å²) >= 11 is 0. The lowest BCUT2D eigenvalue weighted by atomic mass is 9.93. The summed E-state index contributed by atoms with van der Waals surface area (Å²) in [5, 5.41) is 0. The summed E-state index contributed by atoms with van der Waals surface area (Å²) in [6.45, 7) is 10.9. The fraction of sp³-hybridized carbons (Fsp3) is 1.00. The number of hydrogen-bond acceptors (Lipinski definition) is 2.